The first kappa shape index (κ1) is 22.3. The van der Waals surface area contributed by atoms with Crippen molar-refractivity contribution in [2.45, 2.75) is 37.6 Å². The van der Waals surface area contributed by atoms with E-state index in [2.05, 4.69) is 34.5 Å². The fourth-order valence-electron chi connectivity index (χ4n) is 4.77. The maximum atomic E-state index is 14.1. The minimum atomic E-state index is -0.268. The van der Waals surface area contributed by atoms with Crippen LogP contribution in [0.15, 0.2) is 48.5 Å². The minimum Gasteiger partial charge on any atom is -0.381 e. The zero-order valence-corrected chi connectivity index (χ0v) is 18.5. The molecule has 1 N–H and O–H groups in total. The van der Waals surface area contributed by atoms with Crippen LogP contribution in [-0.4, -0.2) is 43.7 Å². The molecule has 2 aliphatic rings. The van der Waals surface area contributed by atoms with Gasteiger partial charge in [0.05, 0.1) is 0 Å². The highest BCUT2D eigenvalue weighted by Gasteiger charge is 2.35. The first-order valence-electron chi connectivity index (χ1n) is 11.1. The van der Waals surface area contributed by atoms with E-state index in [0.29, 0.717) is 23.7 Å². The normalized spacial score (nSPS) is 19.8. The van der Waals surface area contributed by atoms with E-state index in [-0.39, 0.29) is 23.1 Å². The number of halogens is 2. The van der Waals surface area contributed by atoms with Gasteiger partial charge in [0.2, 0.25) is 5.91 Å². The molecule has 4 rings (SSSR count). The molecule has 0 aliphatic carbocycles. The Labute approximate surface area is 188 Å². The summed E-state index contributed by atoms with van der Waals surface area (Å²) in [7, 11) is 0. The second kappa shape index (κ2) is 10.1. The van der Waals surface area contributed by atoms with Gasteiger partial charge in [-0.15, -0.1) is 0 Å². The summed E-state index contributed by atoms with van der Waals surface area (Å²) in [6.07, 6.45) is 3.43. The van der Waals surface area contributed by atoms with Gasteiger partial charge in [0.1, 0.15) is 5.82 Å². The number of piperidine rings is 1. The average Bonchev–Trinajstić information content (AvgIpc) is 2.81. The van der Waals surface area contributed by atoms with Crippen molar-refractivity contribution in [3.63, 3.8) is 0 Å². The highest BCUT2D eigenvalue weighted by molar-refractivity contribution is 6.30. The predicted molar refractivity (Wildman–Crippen MR) is 121 cm³/mol. The number of amides is 1. The lowest BCUT2D eigenvalue weighted by Crippen LogP contribution is -2.47. The summed E-state index contributed by atoms with van der Waals surface area (Å²) < 4.78 is 19.7. The SMILES string of the molecule is O=C(NCC1(c2ccccc2)CCOCC1)C1CCN(Cc2ccc(Cl)cc2F)CC1. The number of ether oxygens (including phenoxy) is 1. The van der Waals surface area contributed by atoms with Crippen molar-refractivity contribution in [3.8, 4) is 0 Å². The van der Waals surface area contributed by atoms with E-state index in [0.717, 1.165) is 52.0 Å². The lowest BCUT2D eigenvalue weighted by Gasteiger charge is -2.38. The van der Waals surface area contributed by atoms with Crippen LogP contribution >= 0.6 is 11.6 Å². The van der Waals surface area contributed by atoms with Crippen LogP contribution < -0.4 is 5.32 Å². The van der Waals surface area contributed by atoms with Gasteiger partial charge in [-0.3, -0.25) is 9.69 Å². The van der Waals surface area contributed by atoms with E-state index in [4.69, 9.17) is 16.3 Å². The molecule has 0 atom stereocenters. The Bertz CT molecular complexity index is 878. The highest BCUT2D eigenvalue weighted by Crippen LogP contribution is 2.34. The Morgan fingerprint density at radius 1 is 1.13 bits per heavy atom. The van der Waals surface area contributed by atoms with Crippen molar-refractivity contribution < 1.29 is 13.9 Å². The third-order valence-electron chi connectivity index (χ3n) is 6.80. The topological polar surface area (TPSA) is 41.6 Å². The lowest BCUT2D eigenvalue weighted by molar-refractivity contribution is -0.127. The fourth-order valence-corrected chi connectivity index (χ4v) is 4.92. The number of carbonyl (C=O) groups is 1. The number of hydrogen-bond acceptors (Lipinski definition) is 3. The van der Waals surface area contributed by atoms with Crippen LogP contribution in [0.5, 0.6) is 0 Å². The zero-order valence-electron chi connectivity index (χ0n) is 17.8. The summed E-state index contributed by atoms with van der Waals surface area (Å²) in [6.45, 7) is 4.23. The number of hydrogen-bond donors (Lipinski definition) is 1. The van der Waals surface area contributed by atoms with E-state index >= 15 is 0 Å². The second-order valence-electron chi connectivity index (χ2n) is 8.76. The largest absolute Gasteiger partial charge is 0.381 e. The molecule has 166 valence electrons. The zero-order chi connectivity index (χ0) is 21.7. The molecule has 2 saturated heterocycles. The van der Waals surface area contributed by atoms with Gasteiger partial charge < -0.3 is 10.1 Å². The maximum Gasteiger partial charge on any atom is 0.223 e. The van der Waals surface area contributed by atoms with E-state index in [1.807, 2.05) is 6.07 Å². The van der Waals surface area contributed by atoms with Crippen LogP contribution in [-0.2, 0) is 21.5 Å². The molecule has 0 aromatic heterocycles. The number of nitrogens with zero attached hydrogens (tertiary/aromatic N) is 1. The molecule has 2 aromatic rings. The standard InChI is InChI=1S/C25H30ClFN2O2/c26-22-7-6-20(23(27)16-22)17-29-12-8-19(9-13-29)24(30)28-18-25(10-14-31-15-11-25)21-4-2-1-3-5-21/h1-7,16,19H,8-15,17-18H2,(H,28,30). The Hall–Kier alpha value is -1.95. The molecule has 0 unspecified atom stereocenters. The van der Waals surface area contributed by atoms with Crippen LogP contribution in [0.25, 0.3) is 0 Å². The van der Waals surface area contributed by atoms with Crippen molar-refractivity contribution in [1.29, 1.82) is 0 Å². The Morgan fingerprint density at radius 2 is 1.84 bits per heavy atom. The van der Waals surface area contributed by atoms with Crippen molar-refractivity contribution >= 4 is 17.5 Å². The van der Waals surface area contributed by atoms with Gasteiger partial charge in [-0.2, -0.15) is 0 Å². The molecule has 1 amide bonds. The number of benzene rings is 2. The first-order valence-corrected chi connectivity index (χ1v) is 11.5. The molecule has 6 heteroatoms. The molecule has 0 bridgehead atoms. The smallest absolute Gasteiger partial charge is 0.223 e. The molecule has 4 nitrogen and oxygen atoms in total. The third-order valence-corrected chi connectivity index (χ3v) is 7.04. The molecule has 0 radical (unpaired) electrons. The number of nitrogens with one attached hydrogen (secondary N) is 1. The van der Waals surface area contributed by atoms with Crippen LogP contribution in [0.3, 0.4) is 0 Å². The molecule has 31 heavy (non-hydrogen) atoms. The molecular weight excluding hydrogens is 415 g/mol. The Balaban J connectivity index is 1.30. The van der Waals surface area contributed by atoms with Crippen molar-refractivity contribution in [3.05, 3.63) is 70.5 Å². The lowest BCUT2D eigenvalue weighted by atomic mass is 9.74. The first-order chi connectivity index (χ1) is 15.1. The van der Waals surface area contributed by atoms with Crippen molar-refractivity contribution in [2.75, 3.05) is 32.8 Å². The van der Waals surface area contributed by atoms with E-state index in [9.17, 15) is 9.18 Å². The Kier molecular flexibility index (Phi) is 7.26. The molecule has 2 fully saturated rings. The highest BCUT2D eigenvalue weighted by atomic mass is 35.5. The predicted octanol–water partition coefficient (Wildman–Crippen LogP) is 4.56. The maximum absolute atomic E-state index is 14.1. The van der Waals surface area contributed by atoms with Gasteiger partial charge in [0.25, 0.3) is 0 Å². The number of rotatable bonds is 6. The number of likely N-dealkylation sites (tertiary alicyclic amines) is 1. The van der Waals surface area contributed by atoms with Gasteiger partial charge in [-0.05, 0) is 56.5 Å². The second-order valence-corrected chi connectivity index (χ2v) is 9.20. The van der Waals surface area contributed by atoms with E-state index in [1.54, 1.807) is 12.1 Å². The Morgan fingerprint density at radius 3 is 2.52 bits per heavy atom. The monoisotopic (exact) mass is 444 g/mol. The quantitative estimate of drug-likeness (QED) is 0.710. The van der Waals surface area contributed by atoms with Crippen LogP contribution in [0, 0.1) is 11.7 Å². The third kappa shape index (κ3) is 5.46. The van der Waals surface area contributed by atoms with Gasteiger partial charge in [0, 0.05) is 48.2 Å². The summed E-state index contributed by atoms with van der Waals surface area (Å²) >= 11 is 5.84. The molecule has 2 aliphatic heterocycles. The van der Waals surface area contributed by atoms with Crippen LogP contribution in [0.4, 0.5) is 4.39 Å². The summed E-state index contributed by atoms with van der Waals surface area (Å²) in [5.41, 5.74) is 1.87. The summed E-state index contributed by atoms with van der Waals surface area (Å²) in [4.78, 5) is 15.1. The van der Waals surface area contributed by atoms with Gasteiger partial charge in [-0.25, -0.2) is 4.39 Å². The average molecular weight is 445 g/mol. The molecule has 0 spiro atoms. The fraction of sp³-hybridized carbons (Fsp3) is 0.480. The molecule has 0 saturated carbocycles. The molecule has 2 aromatic carbocycles. The summed E-state index contributed by atoms with van der Waals surface area (Å²) in [5.74, 6) is -0.117. The number of carbonyl (C=O) groups excluding carboxylic acids is 1. The van der Waals surface area contributed by atoms with Crippen molar-refractivity contribution in [1.82, 2.24) is 10.2 Å². The summed E-state index contributed by atoms with van der Waals surface area (Å²) in [6, 6.07) is 15.3. The minimum absolute atomic E-state index is 0.0129. The van der Waals surface area contributed by atoms with Gasteiger partial charge in [0.15, 0.2) is 0 Å². The van der Waals surface area contributed by atoms with Gasteiger partial charge >= 0.3 is 0 Å². The van der Waals surface area contributed by atoms with Gasteiger partial charge in [-0.1, -0.05) is 48.0 Å². The van der Waals surface area contributed by atoms with Crippen LogP contribution in [0.2, 0.25) is 5.02 Å². The molecular formula is C25H30ClFN2O2. The van der Waals surface area contributed by atoms with Crippen LogP contribution in [0.1, 0.15) is 36.8 Å². The van der Waals surface area contributed by atoms with E-state index < -0.39 is 0 Å². The van der Waals surface area contributed by atoms with E-state index in [1.165, 1.54) is 11.6 Å². The summed E-state index contributed by atoms with van der Waals surface area (Å²) in [5, 5.41) is 3.67. The van der Waals surface area contributed by atoms with Crippen molar-refractivity contribution in [2.24, 2.45) is 5.92 Å². The molecule has 2 heterocycles.